The van der Waals surface area contributed by atoms with Crippen LogP contribution >= 0.6 is 0 Å². The maximum atomic E-state index is 11.8. The zero-order chi connectivity index (χ0) is 22.2. The fourth-order valence-corrected chi connectivity index (χ4v) is 6.12. The quantitative estimate of drug-likeness (QED) is 0.652. The van der Waals surface area contributed by atoms with Gasteiger partial charge in [0.15, 0.2) is 0 Å². The molecule has 1 aromatic carbocycles. The van der Waals surface area contributed by atoms with Gasteiger partial charge in [-0.1, -0.05) is 6.07 Å². The van der Waals surface area contributed by atoms with Gasteiger partial charge in [0.05, 0.1) is 11.9 Å². The maximum Gasteiger partial charge on any atom is 0.211 e. The molecule has 172 valence electrons. The summed E-state index contributed by atoms with van der Waals surface area (Å²) in [6.45, 7) is 7.16. The second-order valence-corrected chi connectivity index (χ2v) is 12.3. The number of aliphatic hydroxyl groups is 1. The number of nitrogens with zero attached hydrogens (tertiary/aromatic N) is 2. The first-order valence-corrected chi connectivity index (χ1v) is 13.4. The number of nitrogens with one attached hydrogen (secondary N) is 1. The van der Waals surface area contributed by atoms with Crippen molar-refractivity contribution >= 4 is 20.9 Å². The molecule has 2 fully saturated rings. The smallest absolute Gasteiger partial charge is 0.211 e. The molecule has 3 heterocycles. The van der Waals surface area contributed by atoms with E-state index < -0.39 is 15.6 Å². The molecule has 6 nitrogen and oxygen atoms in total. The van der Waals surface area contributed by atoms with Gasteiger partial charge in [-0.2, -0.15) is 0 Å². The number of hydrogen-bond donors (Lipinski definition) is 2. The summed E-state index contributed by atoms with van der Waals surface area (Å²) in [6, 6.07) is 7.12. The third-order valence-electron chi connectivity index (χ3n) is 7.02. The Morgan fingerprint density at radius 2 is 2.03 bits per heavy atom. The maximum absolute atomic E-state index is 11.8. The fraction of sp³-hybridized carbons (Fsp3) is 0.667. The van der Waals surface area contributed by atoms with E-state index in [0.29, 0.717) is 25.0 Å². The topological polar surface area (TPSA) is 76.6 Å². The summed E-state index contributed by atoms with van der Waals surface area (Å²) >= 11 is 0. The van der Waals surface area contributed by atoms with Gasteiger partial charge in [0.2, 0.25) is 10.0 Å². The second-order valence-electron chi connectivity index (χ2n) is 10.3. The van der Waals surface area contributed by atoms with Crippen molar-refractivity contribution in [1.82, 2.24) is 14.2 Å². The molecule has 7 heteroatoms. The summed E-state index contributed by atoms with van der Waals surface area (Å²) in [7, 11) is -3.07. The number of likely N-dealkylation sites (tertiary alicyclic amines) is 1. The highest BCUT2D eigenvalue weighted by Crippen LogP contribution is 2.29. The third kappa shape index (κ3) is 5.69. The van der Waals surface area contributed by atoms with Crippen LogP contribution in [0.25, 0.3) is 10.9 Å². The van der Waals surface area contributed by atoms with E-state index in [1.54, 1.807) is 4.31 Å². The van der Waals surface area contributed by atoms with E-state index in [9.17, 15) is 13.5 Å². The van der Waals surface area contributed by atoms with Gasteiger partial charge >= 0.3 is 0 Å². The monoisotopic (exact) mass is 447 g/mol. The summed E-state index contributed by atoms with van der Waals surface area (Å²) in [4.78, 5) is 6.02. The summed E-state index contributed by atoms with van der Waals surface area (Å²) in [6.07, 6.45) is 9.51. The summed E-state index contributed by atoms with van der Waals surface area (Å²) in [5, 5.41) is 11.4. The zero-order valence-corrected chi connectivity index (χ0v) is 19.9. The van der Waals surface area contributed by atoms with Crippen molar-refractivity contribution in [2.75, 3.05) is 32.4 Å². The van der Waals surface area contributed by atoms with E-state index in [2.05, 4.69) is 34.3 Å². The predicted octanol–water partition coefficient (Wildman–Crippen LogP) is 3.16. The summed E-state index contributed by atoms with van der Waals surface area (Å²) in [5.74, 6) is 0.437. The standard InChI is InChI=1S/C24H37N3O3S/c1-24(2,28)10-8-18-6-7-23-22(13-18)20(15-25-23)14-21-5-4-11-26(21)16-19-9-12-27(17-19)31(3,29)30/h6-7,13,15,19,21,25,28H,4-5,8-12,14,16-17H2,1-3H3/t19?,21-/m1/s1. The third-order valence-corrected chi connectivity index (χ3v) is 8.29. The van der Waals surface area contributed by atoms with Crippen molar-refractivity contribution in [2.24, 2.45) is 5.92 Å². The van der Waals surface area contributed by atoms with Crippen LogP contribution in [0.5, 0.6) is 0 Å². The van der Waals surface area contributed by atoms with Crippen LogP contribution in [0.3, 0.4) is 0 Å². The molecule has 2 aliphatic heterocycles. The lowest BCUT2D eigenvalue weighted by atomic mass is 9.96. The molecule has 1 aromatic heterocycles. The fourth-order valence-electron chi connectivity index (χ4n) is 5.20. The van der Waals surface area contributed by atoms with Crippen molar-refractivity contribution in [3.63, 3.8) is 0 Å². The first kappa shape index (κ1) is 22.8. The Kier molecular flexibility index (Phi) is 6.50. The van der Waals surface area contributed by atoms with Crippen LogP contribution in [0.15, 0.2) is 24.4 Å². The van der Waals surface area contributed by atoms with Gasteiger partial charge in [-0.3, -0.25) is 4.90 Å². The zero-order valence-electron chi connectivity index (χ0n) is 19.1. The van der Waals surface area contributed by atoms with E-state index >= 15 is 0 Å². The number of H-pyrrole nitrogens is 1. The van der Waals surface area contributed by atoms with Crippen LogP contribution in [-0.2, 0) is 22.9 Å². The van der Waals surface area contributed by atoms with Gasteiger partial charge in [-0.25, -0.2) is 12.7 Å². The molecule has 1 unspecified atom stereocenters. The van der Waals surface area contributed by atoms with Crippen LogP contribution in [0, 0.1) is 5.92 Å². The van der Waals surface area contributed by atoms with E-state index in [0.717, 1.165) is 38.8 Å². The minimum absolute atomic E-state index is 0.437. The van der Waals surface area contributed by atoms with Crippen molar-refractivity contribution in [1.29, 1.82) is 0 Å². The van der Waals surface area contributed by atoms with Crippen LogP contribution < -0.4 is 0 Å². The Morgan fingerprint density at radius 3 is 2.74 bits per heavy atom. The number of rotatable bonds is 8. The Labute approximate surface area is 186 Å². The molecule has 2 aromatic rings. The molecular weight excluding hydrogens is 410 g/mol. The van der Waals surface area contributed by atoms with Gasteiger partial charge in [0.25, 0.3) is 0 Å². The molecule has 0 amide bonds. The van der Waals surface area contributed by atoms with E-state index in [-0.39, 0.29) is 0 Å². The van der Waals surface area contributed by atoms with Crippen LogP contribution in [0.4, 0.5) is 0 Å². The van der Waals surface area contributed by atoms with Gasteiger partial charge in [-0.05, 0) is 88.1 Å². The summed E-state index contributed by atoms with van der Waals surface area (Å²) < 4.78 is 25.3. The Balaban J connectivity index is 1.42. The highest BCUT2D eigenvalue weighted by Gasteiger charge is 2.33. The largest absolute Gasteiger partial charge is 0.390 e. The van der Waals surface area contributed by atoms with Crippen molar-refractivity contribution in [3.8, 4) is 0 Å². The molecule has 0 spiro atoms. The Morgan fingerprint density at radius 1 is 1.23 bits per heavy atom. The minimum Gasteiger partial charge on any atom is -0.390 e. The first-order valence-electron chi connectivity index (χ1n) is 11.6. The number of aromatic amines is 1. The Bertz CT molecular complexity index is 1010. The molecule has 4 rings (SSSR count). The minimum atomic E-state index is -3.07. The molecule has 0 aliphatic carbocycles. The van der Waals surface area contributed by atoms with Gasteiger partial charge in [0.1, 0.15) is 0 Å². The molecule has 0 saturated carbocycles. The molecule has 31 heavy (non-hydrogen) atoms. The molecule has 2 N–H and O–H groups in total. The van der Waals surface area contributed by atoms with Crippen molar-refractivity contribution < 1.29 is 13.5 Å². The van der Waals surface area contributed by atoms with E-state index in [4.69, 9.17) is 0 Å². The van der Waals surface area contributed by atoms with Crippen molar-refractivity contribution in [3.05, 3.63) is 35.5 Å². The van der Waals surface area contributed by atoms with E-state index in [1.807, 2.05) is 13.8 Å². The Hall–Kier alpha value is -1.41. The average molecular weight is 448 g/mol. The van der Waals surface area contributed by atoms with Crippen LogP contribution in [0.2, 0.25) is 0 Å². The van der Waals surface area contributed by atoms with Crippen LogP contribution in [0.1, 0.15) is 50.7 Å². The molecule has 2 aliphatic rings. The lowest BCUT2D eigenvalue weighted by molar-refractivity contribution is 0.0714. The summed E-state index contributed by atoms with van der Waals surface area (Å²) in [5.41, 5.74) is 3.16. The van der Waals surface area contributed by atoms with E-state index in [1.165, 1.54) is 41.1 Å². The number of benzene rings is 1. The molecule has 2 saturated heterocycles. The van der Waals surface area contributed by atoms with Crippen molar-refractivity contribution in [2.45, 2.75) is 64.0 Å². The normalized spacial score (nSPS) is 23.9. The number of sulfonamides is 1. The molecular formula is C24H37N3O3S. The highest BCUT2D eigenvalue weighted by molar-refractivity contribution is 7.88. The lowest BCUT2D eigenvalue weighted by Gasteiger charge is -2.27. The highest BCUT2D eigenvalue weighted by atomic mass is 32.2. The van der Waals surface area contributed by atoms with Gasteiger partial charge in [-0.15, -0.1) is 0 Å². The number of aromatic nitrogens is 1. The number of fused-ring (bicyclic) bond motifs is 1. The molecule has 2 atom stereocenters. The molecule has 0 radical (unpaired) electrons. The average Bonchev–Trinajstić information content (AvgIpc) is 3.41. The molecule has 0 bridgehead atoms. The van der Waals surface area contributed by atoms with Crippen LogP contribution in [-0.4, -0.2) is 71.8 Å². The van der Waals surface area contributed by atoms with Gasteiger partial charge in [0, 0.05) is 42.8 Å². The lowest BCUT2D eigenvalue weighted by Crippen LogP contribution is -2.36. The predicted molar refractivity (Wildman–Crippen MR) is 126 cm³/mol. The van der Waals surface area contributed by atoms with Gasteiger partial charge < -0.3 is 10.1 Å². The second kappa shape index (κ2) is 8.85. The number of hydrogen-bond acceptors (Lipinski definition) is 4. The number of aryl methyl sites for hydroxylation is 1. The SMILES string of the molecule is CC(C)(O)CCc1ccc2[nH]cc(C[C@H]3CCCN3CC3CCN(S(C)(=O)=O)C3)c2c1. The first-order chi connectivity index (χ1) is 14.6.